The van der Waals surface area contributed by atoms with Crippen LogP contribution in [0.5, 0.6) is 0 Å². The highest BCUT2D eigenvalue weighted by Gasteiger charge is 2.34. The average Bonchev–Trinajstić information content (AvgIpc) is 3.61. The minimum atomic E-state index is -3.82. The van der Waals surface area contributed by atoms with Gasteiger partial charge >= 0.3 is 0 Å². The number of carbonyl (C=O) groups excluding carboxylic acids is 1. The summed E-state index contributed by atoms with van der Waals surface area (Å²) >= 11 is 0. The Hall–Kier alpha value is -3.29. The standard InChI is InChI=1S/C24H26N6O3S/c1-16(2)30-23-20(15-26-30)19(13-21(27-23)17-7-8-17)24(31)28-9-11-29(12-10-28)34(32,33)22-6-4-3-5-18(22)14-25/h3-6,13,15-17H,7-12H2,1-2H3. The number of aromatic nitrogens is 3. The van der Waals surface area contributed by atoms with Gasteiger partial charge in [0.25, 0.3) is 5.91 Å². The molecule has 0 radical (unpaired) electrons. The Bertz CT molecular complexity index is 1410. The molecule has 3 aromatic rings. The predicted octanol–water partition coefficient (Wildman–Crippen LogP) is 2.91. The first-order valence-electron chi connectivity index (χ1n) is 11.5. The number of sulfonamides is 1. The molecule has 0 spiro atoms. The fourth-order valence-corrected chi connectivity index (χ4v) is 5.97. The van der Waals surface area contributed by atoms with Crippen LogP contribution in [-0.2, 0) is 10.0 Å². The molecule has 1 aliphatic carbocycles. The Kier molecular flexibility index (Phi) is 5.62. The van der Waals surface area contributed by atoms with E-state index in [1.54, 1.807) is 23.2 Å². The fraction of sp³-hybridized carbons (Fsp3) is 0.417. The first-order chi connectivity index (χ1) is 16.3. The number of rotatable bonds is 5. The highest BCUT2D eigenvalue weighted by molar-refractivity contribution is 7.89. The number of hydrogen-bond donors (Lipinski definition) is 0. The third-order valence-electron chi connectivity index (χ3n) is 6.45. The van der Waals surface area contributed by atoms with E-state index in [1.807, 2.05) is 30.7 Å². The Labute approximate surface area is 198 Å². The van der Waals surface area contributed by atoms with Gasteiger partial charge in [0, 0.05) is 43.8 Å². The number of carbonyl (C=O) groups is 1. The van der Waals surface area contributed by atoms with Gasteiger partial charge < -0.3 is 4.90 Å². The Morgan fingerprint density at radius 3 is 2.50 bits per heavy atom. The van der Waals surface area contributed by atoms with Crippen LogP contribution in [0.3, 0.4) is 0 Å². The highest BCUT2D eigenvalue weighted by atomic mass is 32.2. The molecule has 1 aromatic carbocycles. The van der Waals surface area contributed by atoms with E-state index in [2.05, 4.69) is 5.10 Å². The van der Waals surface area contributed by atoms with Gasteiger partial charge in [-0.25, -0.2) is 18.1 Å². The van der Waals surface area contributed by atoms with E-state index in [1.165, 1.54) is 16.4 Å². The molecule has 10 heteroatoms. The smallest absolute Gasteiger partial charge is 0.254 e. The molecule has 2 aliphatic rings. The zero-order chi connectivity index (χ0) is 24.0. The molecule has 1 aliphatic heterocycles. The number of amides is 1. The van der Waals surface area contributed by atoms with Crippen LogP contribution in [0.4, 0.5) is 0 Å². The zero-order valence-corrected chi connectivity index (χ0v) is 20.0. The number of pyridine rings is 1. The highest BCUT2D eigenvalue weighted by Crippen LogP contribution is 2.40. The van der Waals surface area contributed by atoms with Crippen LogP contribution in [-0.4, -0.2) is 64.5 Å². The quantitative estimate of drug-likeness (QED) is 0.557. The summed E-state index contributed by atoms with van der Waals surface area (Å²) in [6.07, 6.45) is 3.84. The van der Waals surface area contributed by atoms with Gasteiger partial charge in [-0.15, -0.1) is 0 Å². The fourth-order valence-electron chi connectivity index (χ4n) is 4.41. The van der Waals surface area contributed by atoms with E-state index in [-0.39, 0.29) is 48.6 Å². The van der Waals surface area contributed by atoms with E-state index >= 15 is 0 Å². The average molecular weight is 479 g/mol. The molecule has 1 saturated carbocycles. The maximum absolute atomic E-state index is 13.6. The molecular weight excluding hydrogens is 452 g/mol. The van der Waals surface area contributed by atoms with E-state index in [0.717, 1.165) is 29.6 Å². The van der Waals surface area contributed by atoms with Crippen LogP contribution >= 0.6 is 0 Å². The minimum absolute atomic E-state index is 0.00305. The Morgan fingerprint density at radius 1 is 1.15 bits per heavy atom. The number of benzene rings is 1. The van der Waals surface area contributed by atoms with Crippen molar-refractivity contribution in [2.24, 2.45) is 0 Å². The summed E-state index contributed by atoms with van der Waals surface area (Å²) in [5, 5.41) is 14.5. The van der Waals surface area contributed by atoms with Gasteiger partial charge in [-0.1, -0.05) is 12.1 Å². The molecule has 1 amide bonds. The number of nitrogens with zero attached hydrogens (tertiary/aromatic N) is 6. The molecule has 0 unspecified atom stereocenters. The lowest BCUT2D eigenvalue weighted by Crippen LogP contribution is -2.50. The predicted molar refractivity (Wildman–Crippen MR) is 126 cm³/mol. The summed E-state index contributed by atoms with van der Waals surface area (Å²) < 4.78 is 29.5. The molecule has 1 saturated heterocycles. The molecule has 0 atom stereocenters. The van der Waals surface area contributed by atoms with Crippen molar-refractivity contribution in [2.75, 3.05) is 26.2 Å². The lowest BCUT2D eigenvalue weighted by Gasteiger charge is -2.34. The third kappa shape index (κ3) is 3.85. The van der Waals surface area contributed by atoms with Crippen molar-refractivity contribution in [1.82, 2.24) is 24.0 Å². The molecule has 0 bridgehead atoms. The topological polar surface area (TPSA) is 112 Å². The lowest BCUT2D eigenvalue weighted by molar-refractivity contribution is 0.0699. The molecule has 9 nitrogen and oxygen atoms in total. The number of fused-ring (bicyclic) bond motifs is 1. The van der Waals surface area contributed by atoms with E-state index in [9.17, 15) is 18.5 Å². The molecule has 2 aromatic heterocycles. The van der Waals surface area contributed by atoms with Gasteiger partial charge in [-0.2, -0.15) is 14.7 Å². The van der Waals surface area contributed by atoms with Gasteiger partial charge in [-0.3, -0.25) is 4.79 Å². The summed E-state index contributed by atoms with van der Waals surface area (Å²) in [5.74, 6) is 0.251. The second-order valence-electron chi connectivity index (χ2n) is 9.09. The molecule has 2 fully saturated rings. The van der Waals surface area contributed by atoms with Gasteiger partial charge in [0.05, 0.1) is 27.6 Å². The SMILES string of the molecule is CC(C)n1ncc2c(C(=O)N3CCN(S(=O)(=O)c4ccccc4C#N)CC3)cc(C3CC3)nc21. The van der Waals surface area contributed by atoms with E-state index in [0.29, 0.717) is 11.5 Å². The maximum Gasteiger partial charge on any atom is 0.254 e. The maximum atomic E-state index is 13.6. The second kappa shape index (κ2) is 8.49. The van der Waals surface area contributed by atoms with Crippen molar-refractivity contribution in [3.05, 3.63) is 53.3 Å². The molecule has 34 heavy (non-hydrogen) atoms. The first-order valence-corrected chi connectivity index (χ1v) is 12.9. The zero-order valence-electron chi connectivity index (χ0n) is 19.2. The Balaban J connectivity index is 1.40. The molecule has 176 valence electrons. The summed E-state index contributed by atoms with van der Waals surface area (Å²) in [4.78, 5) is 20.1. The van der Waals surface area contributed by atoms with Crippen molar-refractivity contribution in [3.63, 3.8) is 0 Å². The summed E-state index contributed by atoms with van der Waals surface area (Å²) in [6, 6.07) is 10.2. The molecular formula is C24H26N6O3S. The van der Waals surface area contributed by atoms with Gasteiger partial charge in [-0.05, 0) is 44.9 Å². The van der Waals surface area contributed by atoms with Crippen LogP contribution in [0.15, 0.2) is 41.4 Å². The molecule has 0 N–H and O–H groups in total. The lowest BCUT2D eigenvalue weighted by atomic mass is 10.1. The summed E-state index contributed by atoms with van der Waals surface area (Å²) in [6.45, 7) is 4.94. The van der Waals surface area contributed by atoms with Crippen molar-refractivity contribution in [1.29, 1.82) is 5.26 Å². The third-order valence-corrected chi connectivity index (χ3v) is 8.41. The molecule has 3 heterocycles. The van der Waals surface area contributed by atoms with Crippen molar-refractivity contribution in [3.8, 4) is 6.07 Å². The normalized spacial score (nSPS) is 17.3. The number of piperazine rings is 1. The molecule has 5 rings (SSSR count). The van der Waals surface area contributed by atoms with Crippen molar-refractivity contribution in [2.45, 2.75) is 43.5 Å². The van der Waals surface area contributed by atoms with Crippen LogP contribution < -0.4 is 0 Å². The van der Waals surface area contributed by atoms with Gasteiger partial charge in [0.2, 0.25) is 10.0 Å². The van der Waals surface area contributed by atoms with E-state index in [4.69, 9.17) is 4.98 Å². The summed E-state index contributed by atoms with van der Waals surface area (Å²) in [7, 11) is -3.82. The van der Waals surface area contributed by atoms with Crippen molar-refractivity contribution < 1.29 is 13.2 Å². The number of nitriles is 1. The second-order valence-corrected chi connectivity index (χ2v) is 11.0. The van der Waals surface area contributed by atoms with Crippen LogP contribution in [0.1, 0.15) is 60.3 Å². The summed E-state index contributed by atoms with van der Waals surface area (Å²) in [5.41, 5.74) is 2.34. The number of hydrogen-bond acceptors (Lipinski definition) is 6. The van der Waals surface area contributed by atoms with E-state index < -0.39 is 10.0 Å². The van der Waals surface area contributed by atoms with Crippen LogP contribution in [0, 0.1) is 11.3 Å². The van der Waals surface area contributed by atoms with Gasteiger partial charge in [0.1, 0.15) is 6.07 Å². The van der Waals surface area contributed by atoms with Crippen LogP contribution in [0.25, 0.3) is 11.0 Å². The van der Waals surface area contributed by atoms with Gasteiger partial charge in [0.15, 0.2) is 5.65 Å². The van der Waals surface area contributed by atoms with Crippen molar-refractivity contribution >= 4 is 27.0 Å². The Morgan fingerprint density at radius 2 is 1.85 bits per heavy atom. The first kappa shape index (κ1) is 22.5. The van der Waals surface area contributed by atoms with Crippen LogP contribution in [0.2, 0.25) is 0 Å². The largest absolute Gasteiger partial charge is 0.336 e. The monoisotopic (exact) mass is 478 g/mol. The minimum Gasteiger partial charge on any atom is -0.336 e.